The molecule has 4 nitrogen and oxygen atoms in total. The van der Waals surface area contributed by atoms with E-state index >= 15 is 0 Å². The Bertz CT molecular complexity index is 463. The van der Waals surface area contributed by atoms with E-state index in [2.05, 4.69) is 6.07 Å². The van der Waals surface area contributed by atoms with Gasteiger partial charge in [0.1, 0.15) is 6.54 Å². The summed E-state index contributed by atoms with van der Waals surface area (Å²) in [6.45, 7) is 1.23. The second kappa shape index (κ2) is 4.23. The molecule has 0 amide bonds. The van der Waals surface area contributed by atoms with Crippen molar-refractivity contribution in [2.75, 3.05) is 18.0 Å². The number of aryl methyl sites for hydroxylation is 1. The number of benzene rings is 1. The van der Waals surface area contributed by atoms with Gasteiger partial charge in [-0.3, -0.25) is 0 Å². The second-order valence-corrected chi connectivity index (χ2v) is 3.83. The van der Waals surface area contributed by atoms with Gasteiger partial charge in [0, 0.05) is 12.2 Å². The Morgan fingerprint density at radius 3 is 3.06 bits per heavy atom. The molecule has 2 rings (SSSR count). The van der Waals surface area contributed by atoms with Crippen molar-refractivity contribution in [3.8, 4) is 6.07 Å². The van der Waals surface area contributed by atoms with Crippen molar-refractivity contribution in [2.24, 2.45) is 0 Å². The highest BCUT2D eigenvalue weighted by atomic mass is 16.4. The van der Waals surface area contributed by atoms with Gasteiger partial charge in [-0.15, -0.1) is 0 Å². The Morgan fingerprint density at radius 1 is 1.56 bits per heavy atom. The summed E-state index contributed by atoms with van der Waals surface area (Å²) in [6.07, 6.45) is 1.86. The van der Waals surface area contributed by atoms with Crippen LogP contribution in [0.4, 0.5) is 5.69 Å². The number of carbonyl (C=O) groups is 1. The molecule has 0 aromatic heterocycles. The van der Waals surface area contributed by atoms with Crippen LogP contribution in [-0.4, -0.2) is 24.2 Å². The third-order valence-electron chi connectivity index (χ3n) is 2.80. The fraction of sp³-hybridized carbons (Fsp3) is 0.333. The molecule has 16 heavy (non-hydrogen) atoms. The van der Waals surface area contributed by atoms with Crippen LogP contribution in [0.2, 0.25) is 0 Å². The van der Waals surface area contributed by atoms with Crippen molar-refractivity contribution in [1.29, 1.82) is 5.26 Å². The molecule has 1 heterocycles. The van der Waals surface area contributed by atoms with Crippen LogP contribution in [-0.2, 0) is 6.42 Å². The van der Waals surface area contributed by atoms with Gasteiger partial charge in [-0.1, -0.05) is 0 Å². The number of carboxylic acid groups (broad SMARTS) is 1. The zero-order chi connectivity index (χ0) is 11.5. The largest absolute Gasteiger partial charge is 0.478 e. The molecule has 1 aliphatic rings. The van der Waals surface area contributed by atoms with E-state index < -0.39 is 5.97 Å². The third kappa shape index (κ3) is 1.84. The third-order valence-corrected chi connectivity index (χ3v) is 2.80. The Hall–Kier alpha value is -2.02. The highest BCUT2D eigenvalue weighted by molar-refractivity contribution is 5.88. The van der Waals surface area contributed by atoms with E-state index in [1.165, 1.54) is 0 Å². The van der Waals surface area contributed by atoms with Crippen molar-refractivity contribution < 1.29 is 9.90 Å². The maximum absolute atomic E-state index is 10.8. The maximum Gasteiger partial charge on any atom is 0.335 e. The minimum Gasteiger partial charge on any atom is -0.478 e. The van der Waals surface area contributed by atoms with Gasteiger partial charge in [0.25, 0.3) is 0 Å². The Balaban J connectivity index is 2.37. The summed E-state index contributed by atoms with van der Waals surface area (Å²) < 4.78 is 0. The van der Waals surface area contributed by atoms with Gasteiger partial charge >= 0.3 is 5.97 Å². The first-order chi connectivity index (χ1) is 7.72. The van der Waals surface area contributed by atoms with Gasteiger partial charge in [-0.2, -0.15) is 5.26 Å². The predicted octanol–water partition coefficient (Wildman–Crippen LogP) is 1.66. The molecule has 1 aromatic rings. The molecule has 0 saturated carbocycles. The van der Waals surface area contributed by atoms with E-state index in [0.717, 1.165) is 30.6 Å². The molecular weight excluding hydrogens is 204 g/mol. The average Bonchev–Trinajstić information content (AvgIpc) is 2.29. The van der Waals surface area contributed by atoms with E-state index in [4.69, 9.17) is 10.4 Å². The lowest BCUT2D eigenvalue weighted by Gasteiger charge is -2.29. The van der Waals surface area contributed by atoms with Crippen molar-refractivity contribution in [2.45, 2.75) is 12.8 Å². The van der Waals surface area contributed by atoms with Crippen molar-refractivity contribution in [3.63, 3.8) is 0 Å². The van der Waals surface area contributed by atoms with Crippen LogP contribution >= 0.6 is 0 Å². The summed E-state index contributed by atoms with van der Waals surface area (Å²) in [5.74, 6) is -0.903. The minimum absolute atomic E-state index is 0.317. The summed E-state index contributed by atoms with van der Waals surface area (Å²) in [5.41, 5.74) is 2.34. The number of carboxylic acids is 1. The molecule has 4 heteroatoms. The zero-order valence-corrected chi connectivity index (χ0v) is 8.81. The van der Waals surface area contributed by atoms with E-state index in [1.54, 1.807) is 18.2 Å². The molecule has 0 unspecified atom stereocenters. The van der Waals surface area contributed by atoms with Gasteiger partial charge in [0.2, 0.25) is 0 Å². The molecule has 1 aliphatic heterocycles. The van der Waals surface area contributed by atoms with E-state index in [-0.39, 0.29) is 0 Å². The van der Waals surface area contributed by atoms with Crippen LogP contribution < -0.4 is 4.90 Å². The molecule has 0 atom stereocenters. The Morgan fingerprint density at radius 2 is 2.38 bits per heavy atom. The molecule has 0 spiro atoms. The first-order valence-corrected chi connectivity index (χ1v) is 5.20. The quantitative estimate of drug-likeness (QED) is 0.763. The first kappa shape index (κ1) is 10.5. The molecule has 82 valence electrons. The van der Waals surface area contributed by atoms with Crippen molar-refractivity contribution >= 4 is 11.7 Å². The Kier molecular flexibility index (Phi) is 2.78. The van der Waals surface area contributed by atoms with Gasteiger partial charge in [0.05, 0.1) is 11.6 Å². The summed E-state index contributed by atoms with van der Waals surface area (Å²) in [5, 5.41) is 17.6. The fourth-order valence-electron chi connectivity index (χ4n) is 2.06. The Labute approximate surface area is 93.7 Å². The van der Waals surface area contributed by atoms with Crippen LogP contribution in [0.3, 0.4) is 0 Å². The van der Waals surface area contributed by atoms with Crippen LogP contribution in [0.15, 0.2) is 18.2 Å². The highest BCUT2D eigenvalue weighted by Gasteiger charge is 2.17. The van der Waals surface area contributed by atoms with Gasteiger partial charge in [0.15, 0.2) is 0 Å². The maximum atomic E-state index is 10.8. The first-order valence-electron chi connectivity index (χ1n) is 5.20. The average molecular weight is 216 g/mol. The SMILES string of the molecule is N#CCN1CCCc2cc(C(=O)O)ccc21. The fourth-order valence-corrected chi connectivity index (χ4v) is 2.06. The van der Waals surface area contributed by atoms with Crippen molar-refractivity contribution in [1.82, 2.24) is 0 Å². The van der Waals surface area contributed by atoms with E-state index in [1.807, 2.05) is 4.90 Å². The van der Waals surface area contributed by atoms with Gasteiger partial charge in [-0.25, -0.2) is 4.79 Å². The molecule has 0 fully saturated rings. The normalized spacial score (nSPS) is 14.1. The van der Waals surface area contributed by atoms with Crippen LogP contribution in [0.5, 0.6) is 0 Å². The molecular formula is C12H12N2O2. The van der Waals surface area contributed by atoms with Gasteiger partial charge in [-0.05, 0) is 36.6 Å². The molecule has 1 aromatic carbocycles. The lowest BCUT2D eigenvalue weighted by Crippen LogP contribution is -2.29. The number of rotatable bonds is 2. The van der Waals surface area contributed by atoms with E-state index in [9.17, 15) is 4.79 Å². The van der Waals surface area contributed by atoms with Gasteiger partial charge < -0.3 is 10.0 Å². The summed E-state index contributed by atoms with van der Waals surface area (Å²) >= 11 is 0. The predicted molar refractivity (Wildman–Crippen MR) is 59.5 cm³/mol. The molecule has 0 bridgehead atoms. The number of fused-ring (bicyclic) bond motifs is 1. The van der Waals surface area contributed by atoms with Crippen LogP contribution in [0, 0.1) is 11.3 Å². The van der Waals surface area contributed by atoms with Crippen molar-refractivity contribution in [3.05, 3.63) is 29.3 Å². The minimum atomic E-state index is -0.903. The molecule has 0 aliphatic carbocycles. The van der Waals surface area contributed by atoms with E-state index in [0.29, 0.717) is 12.1 Å². The highest BCUT2D eigenvalue weighted by Crippen LogP contribution is 2.27. The lowest BCUT2D eigenvalue weighted by atomic mass is 9.99. The monoisotopic (exact) mass is 216 g/mol. The standard InChI is InChI=1S/C12H12N2O2/c13-5-7-14-6-1-2-9-8-10(12(15)16)3-4-11(9)14/h3-4,8H,1-2,6-7H2,(H,15,16). The second-order valence-electron chi connectivity index (χ2n) is 3.83. The molecule has 1 N–H and O–H groups in total. The summed E-state index contributed by atoms with van der Waals surface area (Å²) in [7, 11) is 0. The molecule has 0 saturated heterocycles. The number of aromatic carboxylic acids is 1. The summed E-state index contributed by atoms with van der Waals surface area (Å²) in [6, 6.07) is 7.23. The number of nitriles is 1. The molecule has 0 radical (unpaired) electrons. The number of hydrogen-bond donors (Lipinski definition) is 1. The van der Waals surface area contributed by atoms with Crippen LogP contribution in [0.25, 0.3) is 0 Å². The zero-order valence-electron chi connectivity index (χ0n) is 8.81. The summed E-state index contributed by atoms with van der Waals surface area (Å²) in [4.78, 5) is 12.8. The number of nitrogens with zero attached hydrogens (tertiary/aromatic N) is 2. The lowest BCUT2D eigenvalue weighted by molar-refractivity contribution is 0.0697. The number of hydrogen-bond acceptors (Lipinski definition) is 3. The topological polar surface area (TPSA) is 64.3 Å². The smallest absolute Gasteiger partial charge is 0.335 e. The number of anilines is 1. The van der Waals surface area contributed by atoms with Crippen LogP contribution in [0.1, 0.15) is 22.3 Å².